The average Bonchev–Trinajstić information content (AvgIpc) is 2.41. The van der Waals surface area contributed by atoms with Crippen molar-refractivity contribution in [2.45, 2.75) is 25.8 Å². The molecule has 0 bridgehead atoms. The predicted molar refractivity (Wildman–Crippen MR) is 74.9 cm³/mol. The number of rotatable bonds is 3. The minimum atomic E-state index is -0.264. The highest BCUT2D eigenvalue weighted by atomic mass is 79.9. The monoisotopic (exact) mass is 311 g/mol. The molecule has 1 saturated heterocycles. The molecule has 0 spiro atoms. The molecule has 0 unspecified atom stereocenters. The first-order valence-corrected chi connectivity index (χ1v) is 7.02. The fourth-order valence-electron chi connectivity index (χ4n) is 2.26. The molecule has 0 saturated carbocycles. The number of nitrogens with zero attached hydrogens (tertiary/aromatic N) is 1. The van der Waals surface area contributed by atoms with E-state index >= 15 is 0 Å². The summed E-state index contributed by atoms with van der Waals surface area (Å²) in [5, 5.41) is 0. The third-order valence-corrected chi connectivity index (χ3v) is 4.03. The second kappa shape index (κ2) is 6.31. The van der Waals surface area contributed by atoms with Crippen LogP contribution in [0.25, 0.3) is 0 Å². The van der Waals surface area contributed by atoms with Crippen LogP contribution in [0.1, 0.15) is 35.2 Å². The molecule has 1 fully saturated rings. The average molecular weight is 312 g/mol. The molecule has 1 aliphatic heterocycles. The van der Waals surface area contributed by atoms with Crippen molar-refractivity contribution in [3.05, 3.63) is 33.8 Å². The van der Waals surface area contributed by atoms with E-state index in [-0.39, 0.29) is 5.91 Å². The maximum Gasteiger partial charge on any atom is 0.265 e. The fourth-order valence-corrected chi connectivity index (χ4v) is 2.76. The number of nitrogens with two attached hydrogens (primary N) is 1. The molecule has 1 aliphatic rings. The summed E-state index contributed by atoms with van der Waals surface area (Å²) in [5.41, 5.74) is 3.93. The second-order valence-corrected chi connectivity index (χ2v) is 5.47. The first-order chi connectivity index (χ1) is 8.70. The van der Waals surface area contributed by atoms with E-state index in [1.165, 1.54) is 24.8 Å². The zero-order valence-corrected chi connectivity index (χ0v) is 11.9. The van der Waals surface area contributed by atoms with Gasteiger partial charge in [0.1, 0.15) is 0 Å². The molecule has 18 heavy (non-hydrogen) atoms. The molecule has 98 valence electrons. The Morgan fingerprint density at radius 2 is 2.06 bits per heavy atom. The number of hydrazine groups is 1. The van der Waals surface area contributed by atoms with Gasteiger partial charge in [-0.2, -0.15) is 0 Å². The lowest BCUT2D eigenvalue weighted by Crippen LogP contribution is -2.30. The smallest absolute Gasteiger partial charge is 0.265 e. The van der Waals surface area contributed by atoms with Crippen molar-refractivity contribution in [3.8, 4) is 0 Å². The van der Waals surface area contributed by atoms with Gasteiger partial charge in [-0.1, -0.05) is 28.4 Å². The Morgan fingerprint density at radius 1 is 1.33 bits per heavy atom. The van der Waals surface area contributed by atoms with Gasteiger partial charge >= 0.3 is 0 Å². The lowest BCUT2D eigenvalue weighted by atomic mass is 10.1. The predicted octanol–water partition coefficient (Wildman–Crippen LogP) is 2.04. The molecule has 1 aromatic rings. The van der Waals surface area contributed by atoms with Crippen LogP contribution in [0.2, 0.25) is 0 Å². The Labute approximate surface area is 116 Å². The number of nitrogens with one attached hydrogen (secondary N) is 1. The number of hydrogen-bond acceptors (Lipinski definition) is 3. The van der Waals surface area contributed by atoms with Gasteiger partial charge in [-0.3, -0.25) is 15.1 Å². The van der Waals surface area contributed by atoms with E-state index in [1.807, 2.05) is 18.2 Å². The number of piperidine rings is 1. The zero-order valence-electron chi connectivity index (χ0n) is 10.3. The van der Waals surface area contributed by atoms with Gasteiger partial charge in [0.05, 0.1) is 0 Å². The van der Waals surface area contributed by atoms with Crippen molar-refractivity contribution in [1.29, 1.82) is 0 Å². The zero-order chi connectivity index (χ0) is 13.0. The number of carbonyl (C=O) groups excluding carboxylic acids is 1. The highest BCUT2D eigenvalue weighted by molar-refractivity contribution is 9.10. The summed E-state index contributed by atoms with van der Waals surface area (Å²) in [4.78, 5) is 13.9. The van der Waals surface area contributed by atoms with Crippen molar-refractivity contribution >= 4 is 21.8 Å². The first-order valence-electron chi connectivity index (χ1n) is 6.22. The lowest BCUT2D eigenvalue weighted by Gasteiger charge is -2.26. The van der Waals surface area contributed by atoms with Crippen LogP contribution >= 0.6 is 15.9 Å². The molecule has 4 nitrogen and oxygen atoms in total. The lowest BCUT2D eigenvalue weighted by molar-refractivity contribution is 0.0953. The highest BCUT2D eigenvalue weighted by Gasteiger charge is 2.13. The van der Waals surface area contributed by atoms with E-state index < -0.39 is 0 Å². The largest absolute Gasteiger partial charge is 0.299 e. The molecule has 0 aromatic heterocycles. The minimum Gasteiger partial charge on any atom is -0.299 e. The van der Waals surface area contributed by atoms with Crippen molar-refractivity contribution in [3.63, 3.8) is 0 Å². The van der Waals surface area contributed by atoms with Gasteiger partial charge in [0, 0.05) is 16.6 Å². The Bertz CT molecular complexity index is 430. The van der Waals surface area contributed by atoms with E-state index in [0.717, 1.165) is 24.1 Å². The fraction of sp³-hybridized carbons (Fsp3) is 0.462. The van der Waals surface area contributed by atoms with Crippen molar-refractivity contribution < 1.29 is 4.79 Å². The van der Waals surface area contributed by atoms with Gasteiger partial charge in [-0.15, -0.1) is 0 Å². The van der Waals surface area contributed by atoms with Gasteiger partial charge in [-0.05, 0) is 43.6 Å². The standard InChI is InChI=1S/C13H18BrN3O/c14-12-8-10(13(18)16-15)4-5-11(12)9-17-6-2-1-3-7-17/h4-5,8H,1-3,6-7,9,15H2,(H,16,18). The number of halogens is 1. The molecule has 1 heterocycles. The summed E-state index contributed by atoms with van der Waals surface area (Å²) < 4.78 is 0.967. The third kappa shape index (κ3) is 3.31. The molecule has 3 N–H and O–H groups in total. The molecule has 1 amide bonds. The highest BCUT2D eigenvalue weighted by Crippen LogP contribution is 2.22. The summed E-state index contributed by atoms with van der Waals surface area (Å²) in [5.74, 6) is 4.85. The summed E-state index contributed by atoms with van der Waals surface area (Å²) in [7, 11) is 0. The first kappa shape index (κ1) is 13.5. The summed E-state index contributed by atoms with van der Waals surface area (Å²) in [6, 6.07) is 5.62. The summed E-state index contributed by atoms with van der Waals surface area (Å²) in [6.45, 7) is 3.26. The van der Waals surface area contributed by atoms with Crippen LogP contribution in [0, 0.1) is 0 Å². The van der Waals surface area contributed by atoms with E-state index in [2.05, 4.69) is 26.3 Å². The molecular weight excluding hydrogens is 294 g/mol. The Kier molecular flexibility index (Phi) is 4.74. The number of likely N-dealkylation sites (tertiary alicyclic amines) is 1. The van der Waals surface area contributed by atoms with Gasteiger partial charge in [-0.25, -0.2) is 5.84 Å². The van der Waals surface area contributed by atoms with Gasteiger partial charge in [0.2, 0.25) is 0 Å². The molecule has 0 radical (unpaired) electrons. The van der Waals surface area contributed by atoms with Crippen LogP contribution in [0.4, 0.5) is 0 Å². The van der Waals surface area contributed by atoms with Crippen LogP contribution < -0.4 is 11.3 Å². The maximum absolute atomic E-state index is 11.4. The van der Waals surface area contributed by atoms with Crippen molar-refractivity contribution in [1.82, 2.24) is 10.3 Å². The molecule has 0 aliphatic carbocycles. The maximum atomic E-state index is 11.4. The third-order valence-electron chi connectivity index (χ3n) is 3.29. The van der Waals surface area contributed by atoms with E-state index in [4.69, 9.17) is 5.84 Å². The Morgan fingerprint density at radius 3 is 2.67 bits per heavy atom. The molecule has 2 rings (SSSR count). The van der Waals surface area contributed by atoms with Crippen LogP contribution in [-0.4, -0.2) is 23.9 Å². The van der Waals surface area contributed by atoms with E-state index in [9.17, 15) is 4.79 Å². The Hall–Kier alpha value is -0.910. The summed E-state index contributed by atoms with van der Waals surface area (Å²) >= 11 is 3.52. The molecule has 1 aromatic carbocycles. The van der Waals surface area contributed by atoms with Crippen molar-refractivity contribution in [2.24, 2.45) is 5.84 Å². The molecule has 5 heteroatoms. The number of hydrogen-bond donors (Lipinski definition) is 2. The number of benzene rings is 1. The number of carbonyl (C=O) groups is 1. The Balaban J connectivity index is 2.07. The van der Waals surface area contributed by atoms with Crippen LogP contribution in [0.5, 0.6) is 0 Å². The van der Waals surface area contributed by atoms with Crippen LogP contribution in [0.3, 0.4) is 0 Å². The quantitative estimate of drug-likeness (QED) is 0.510. The van der Waals surface area contributed by atoms with Gasteiger partial charge in [0.25, 0.3) is 5.91 Å². The SMILES string of the molecule is NNC(=O)c1ccc(CN2CCCCC2)c(Br)c1. The van der Waals surface area contributed by atoms with Gasteiger partial charge < -0.3 is 0 Å². The molecular formula is C13H18BrN3O. The topological polar surface area (TPSA) is 58.4 Å². The van der Waals surface area contributed by atoms with Crippen LogP contribution in [0.15, 0.2) is 22.7 Å². The normalized spacial score (nSPS) is 16.6. The summed E-state index contributed by atoms with van der Waals surface area (Å²) in [6.07, 6.45) is 3.91. The van der Waals surface area contributed by atoms with Gasteiger partial charge in [0.15, 0.2) is 0 Å². The van der Waals surface area contributed by atoms with E-state index in [0.29, 0.717) is 5.56 Å². The van der Waals surface area contributed by atoms with Crippen LogP contribution in [-0.2, 0) is 6.54 Å². The number of amides is 1. The van der Waals surface area contributed by atoms with Crippen molar-refractivity contribution in [2.75, 3.05) is 13.1 Å². The second-order valence-electron chi connectivity index (χ2n) is 4.62. The van der Waals surface area contributed by atoms with E-state index in [1.54, 1.807) is 0 Å². The number of nitrogen functional groups attached to an aromatic ring is 1. The minimum absolute atomic E-state index is 0.264. The molecule has 0 atom stereocenters.